The van der Waals surface area contributed by atoms with Crippen molar-refractivity contribution in [3.8, 4) is 0 Å². The molecule has 3 rings (SSSR count). The number of likely N-dealkylation sites (tertiary alicyclic amines) is 1. The third-order valence-electron chi connectivity index (χ3n) is 6.03. The number of anilines is 1. The molecule has 1 aromatic carbocycles. The van der Waals surface area contributed by atoms with E-state index >= 15 is 0 Å². The molecule has 0 radical (unpaired) electrons. The molecule has 172 valence electrons. The summed E-state index contributed by atoms with van der Waals surface area (Å²) in [4.78, 5) is 31.0. The van der Waals surface area contributed by atoms with E-state index in [1.54, 1.807) is 4.90 Å². The maximum Gasteiger partial charge on any atom is 0.312 e. The van der Waals surface area contributed by atoms with Crippen molar-refractivity contribution in [2.45, 2.75) is 45.1 Å². The molecule has 0 aliphatic carbocycles. The van der Waals surface area contributed by atoms with Gasteiger partial charge in [-0.1, -0.05) is 39.0 Å². The van der Waals surface area contributed by atoms with Gasteiger partial charge in [-0.05, 0) is 29.9 Å². The number of piperazine rings is 1. The van der Waals surface area contributed by atoms with Crippen molar-refractivity contribution in [1.82, 2.24) is 15.1 Å². The number of rotatable bonds is 4. The fourth-order valence-corrected chi connectivity index (χ4v) is 4.86. The molecule has 1 aromatic rings. The number of para-hydroxylation sites is 1. The third kappa shape index (κ3) is 6.27. The molecule has 2 heterocycles. The van der Waals surface area contributed by atoms with E-state index in [1.165, 1.54) is 11.3 Å². The van der Waals surface area contributed by atoms with Gasteiger partial charge in [-0.25, -0.2) is 4.21 Å². The summed E-state index contributed by atoms with van der Waals surface area (Å²) in [7, 11) is 0. The molecular weight excluding hydrogens is 416 g/mol. The maximum absolute atomic E-state index is 12.7. The van der Waals surface area contributed by atoms with Crippen LogP contribution in [0.1, 0.15) is 39.2 Å². The second kappa shape index (κ2) is 10.1. The van der Waals surface area contributed by atoms with E-state index < -0.39 is 22.9 Å². The summed E-state index contributed by atoms with van der Waals surface area (Å²) in [6, 6.07) is 8.31. The van der Waals surface area contributed by atoms with Gasteiger partial charge in [-0.2, -0.15) is 0 Å². The van der Waals surface area contributed by atoms with Crippen molar-refractivity contribution in [3.63, 3.8) is 0 Å². The minimum Gasteiger partial charge on any atom is -0.368 e. The lowest BCUT2D eigenvalue weighted by atomic mass is 9.85. The smallest absolute Gasteiger partial charge is 0.312 e. The van der Waals surface area contributed by atoms with Gasteiger partial charge in [-0.3, -0.25) is 14.5 Å². The SMILES string of the molecule is CC(C)(C)c1ccccc1N1CCN(C(=O)C(=O)NC2CCN(CS(=O)O)CC2)CC1. The van der Waals surface area contributed by atoms with Crippen LogP contribution in [0.4, 0.5) is 5.69 Å². The summed E-state index contributed by atoms with van der Waals surface area (Å²) in [5.41, 5.74) is 2.51. The fraction of sp³-hybridized carbons (Fsp3) is 0.636. The lowest BCUT2D eigenvalue weighted by molar-refractivity contribution is -0.146. The Bertz CT molecular complexity index is 810. The molecule has 2 saturated heterocycles. The Hall–Kier alpha value is -1.97. The van der Waals surface area contributed by atoms with E-state index in [2.05, 4.69) is 49.2 Å². The number of nitrogens with zero attached hydrogens (tertiary/aromatic N) is 3. The van der Waals surface area contributed by atoms with Gasteiger partial charge >= 0.3 is 11.8 Å². The third-order valence-corrected chi connectivity index (χ3v) is 6.62. The van der Waals surface area contributed by atoms with Crippen molar-refractivity contribution >= 4 is 28.6 Å². The van der Waals surface area contributed by atoms with E-state index in [4.69, 9.17) is 4.55 Å². The van der Waals surface area contributed by atoms with Crippen LogP contribution >= 0.6 is 0 Å². The largest absolute Gasteiger partial charge is 0.368 e. The Labute approximate surface area is 187 Å². The summed E-state index contributed by atoms with van der Waals surface area (Å²) in [6.07, 6.45) is 1.35. The number of hydrogen-bond acceptors (Lipinski definition) is 5. The van der Waals surface area contributed by atoms with Crippen molar-refractivity contribution in [3.05, 3.63) is 29.8 Å². The topological polar surface area (TPSA) is 93.2 Å². The molecule has 2 fully saturated rings. The number of amides is 2. The van der Waals surface area contributed by atoms with Gasteiger partial charge in [0.25, 0.3) is 0 Å². The predicted octanol–water partition coefficient (Wildman–Crippen LogP) is 1.39. The highest BCUT2D eigenvalue weighted by Gasteiger charge is 2.30. The molecule has 2 aliphatic rings. The van der Waals surface area contributed by atoms with Crippen LogP contribution < -0.4 is 10.2 Å². The van der Waals surface area contributed by atoms with Crippen molar-refractivity contribution in [2.24, 2.45) is 0 Å². The number of benzene rings is 1. The Morgan fingerprint density at radius 2 is 1.68 bits per heavy atom. The molecule has 0 bridgehead atoms. The summed E-state index contributed by atoms with van der Waals surface area (Å²) in [6.45, 7) is 10.3. The monoisotopic (exact) mass is 450 g/mol. The van der Waals surface area contributed by atoms with Gasteiger partial charge < -0.3 is 19.7 Å². The van der Waals surface area contributed by atoms with Gasteiger partial charge in [0.05, 0.1) is 0 Å². The average Bonchev–Trinajstić information content (AvgIpc) is 2.74. The van der Waals surface area contributed by atoms with Gasteiger partial charge in [0, 0.05) is 51.0 Å². The minimum absolute atomic E-state index is 0.0330. The quantitative estimate of drug-likeness (QED) is 0.532. The molecule has 0 aromatic heterocycles. The number of hydrogen-bond donors (Lipinski definition) is 2. The minimum atomic E-state index is -1.85. The van der Waals surface area contributed by atoms with Crippen LogP contribution in [0.3, 0.4) is 0 Å². The van der Waals surface area contributed by atoms with Gasteiger partial charge in [0.2, 0.25) is 0 Å². The molecule has 9 heteroatoms. The van der Waals surface area contributed by atoms with E-state index in [1.807, 2.05) is 11.0 Å². The highest BCUT2D eigenvalue weighted by atomic mass is 32.2. The van der Waals surface area contributed by atoms with Crippen molar-refractivity contribution < 1.29 is 18.4 Å². The Kier molecular flexibility index (Phi) is 7.72. The molecular formula is C22H34N4O4S. The molecule has 1 unspecified atom stereocenters. The summed E-state index contributed by atoms with van der Waals surface area (Å²) in [5, 5.41) is 2.85. The highest BCUT2D eigenvalue weighted by molar-refractivity contribution is 7.79. The van der Waals surface area contributed by atoms with Gasteiger partial charge in [0.15, 0.2) is 11.1 Å². The standard InChI is InChI=1S/C22H34N4O4S/c1-22(2,3)18-6-4-5-7-19(18)25-12-14-26(15-13-25)21(28)20(27)23-17-8-10-24(11-9-17)16-31(29)30/h4-7,17H,8-16H2,1-3H3,(H,23,27)(H,29,30). The Morgan fingerprint density at radius 3 is 2.26 bits per heavy atom. The Balaban J connectivity index is 1.50. The van der Waals surface area contributed by atoms with Crippen molar-refractivity contribution in [1.29, 1.82) is 0 Å². The van der Waals surface area contributed by atoms with Crippen LogP contribution in [-0.2, 0) is 26.1 Å². The van der Waals surface area contributed by atoms with Crippen LogP contribution in [0.2, 0.25) is 0 Å². The summed E-state index contributed by atoms with van der Waals surface area (Å²) in [5.74, 6) is -0.891. The Morgan fingerprint density at radius 1 is 1.06 bits per heavy atom. The molecule has 31 heavy (non-hydrogen) atoms. The van der Waals surface area contributed by atoms with Gasteiger partial charge in [0.1, 0.15) is 5.88 Å². The fourth-order valence-electron chi connectivity index (χ4n) is 4.29. The molecule has 2 N–H and O–H groups in total. The lowest BCUT2D eigenvalue weighted by Crippen LogP contribution is -2.55. The summed E-state index contributed by atoms with van der Waals surface area (Å²) >= 11 is -1.85. The van der Waals surface area contributed by atoms with E-state index in [-0.39, 0.29) is 17.3 Å². The number of carbonyl (C=O) groups excluding carboxylic acids is 2. The zero-order valence-electron chi connectivity index (χ0n) is 18.7. The van der Waals surface area contributed by atoms with Crippen molar-refractivity contribution in [2.75, 3.05) is 50.0 Å². The molecule has 0 spiro atoms. The maximum atomic E-state index is 12.7. The second-order valence-corrected chi connectivity index (χ2v) is 10.3. The summed E-state index contributed by atoms with van der Waals surface area (Å²) < 4.78 is 19.9. The number of piperidine rings is 1. The van der Waals surface area contributed by atoms with E-state index in [0.29, 0.717) is 52.1 Å². The van der Waals surface area contributed by atoms with E-state index in [9.17, 15) is 13.8 Å². The first-order chi connectivity index (χ1) is 14.6. The molecule has 8 nitrogen and oxygen atoms in total. The lowest BCUT2D eigenvalue weighted by Gasteiger charge is -2.38. The van der Waals surface area contributed by atoms with Gasteiger partial charge in [-0.15, -0.1) is 0 Å². The van der Waals surface area contributed by atoms with E-state index in [0.717, 1.165) is 0 Å². The van der Waals surface area contributed by atoms with Crippen LogP contribution in [0.5, 0.6) is 0 Å². The number of carbonyl (C=O) groups is 2. The zero-order valence-corrected chi connectivity index (χ0v) is 19.5. The first kappa shape index (κ1) is 23.7. The molecule has 0 saturated carbocycles. The first-order valence-electron chi connectivity index (χ1n) is 10.9. The highest BCUT2D eigenvalue weighted by Crippen LogP contribution is 2.32. The zero-order chi connectivity index (χ0) is 22.6. The molecule has 1 atom stereocenters. The average molecular weight is 451 g/mol. The van der Waals surface area contributed by atoms with Crippen LogP contribution in [0, 0.1) is 0 Å². The predicted molar refractivity (Wildman–Crippen MR) is 122 cm³/mol. The van der Waals surface area contributed by atoms with Crippen LogP contribution in [-0.4, -0.2) is 81.6 Å². The molecule has 2 amide bonds. The number of nitrogens with one attached hydrogen (secondary N) is 1. The van der Waals surface area contributed by atoms with Crippen LogP contribution in [0.15, 0.2) is 24.3 Å². The first-order valence-corrected chi connectivity index (χ1v) is 12.2. The second-order valence-electron chi connectivity index (χ2n) is 9.36. The normalized spacial score (nSPS) is 19.9. The van der Waals surface area contributed by atoms with Crippen LogP contribution in [0.25, 0.3) is 0 Å². The molecule has 2 aliphatic heterocycles.